The number of halogens is 2. The minimum atomic E-state index is -0.640. The second kappa shape index (κ2) is 10.6. The van der Waals surface area contributed by atoms with E-state index in [2.05, 4.69) is 27.1 Å². The lowest BCUT2D eigenvalue weighted by Crippen LogP contribution is -2.32. The zero-order valence-electron chi connectivity index (χ0n) is 23.0. The van der Waals surface area contributed by atoms with Gasteiger partial charge in [-0.1, -0.05) is 6.08 Å². The number of benzene rings is 1. The van der Waals surface area contributed by atoms with Crippen LogP contribution in [0.5, 0.6) is 0 Å². The number of ether oxygens (including phenoxy) is 1. The predicted molar refractivity (Wildman–Crippen MR) is 149 cm³/mol. The summed E-state index contributed by atoms with van der Waals surface area (Å²) in [5, 5.41) is 3.28. The van der Waals surface area contributed by atoms with Gasteiger partial charge in [-0.3, -0.25) is 9.47 Å². The fourth-order valence-corrected chi connectivity index (χ4v) is 5.45. The van der Waals surface area contributed by atoms with Crippen LogP contribution in [0.2, 0.25) is 0 Å². The zero-order chi connectivity index (χ0) is 28.7. The molecule has 40 heavy (non-hydrogen) atoms. The third kappa shape index (κ3) is 4.66. The summed E-state index contributed by atoms with van der Waals surface area (Å²) >= 11 is 0. The van der Waals surface area contributed by atoms with E-state index in [9.17, 15) is 14.0 Å². The van der Waals surface area contributed by atoms with Gasteiger partial charge in [-0.2, -0.15) is 4.98 Å². The lowest BCUT2D eigenvalue weighted by molar-refractivity contribution is 0.0600. The Labute approximate surface area is 229 Å². The van der Waals surface area contributed by atoms with Crippen molar-refractivity contribution in [1.29, 1.82) is 0 Å². The minimum Gasteiger partial charge on any atom is -0.465 e. The molecule has 3 aromatic heterocycles. The van der Waals surface area contributed by atoms with Crippen LogP contribution in [0.4, 0.5) is 14.6 Å². The van der Waals surface area contributed by atoms with Gasteiger partial charge in [0, 0.05) is 56.1 Å². The van der Waals surface area contributed by atoms with Crippen LogP contribution in [-0.2, 0) is 11.8 Å². The first-order valence-electron chi connectivity index (χ1n) is 12.9. The molecule has 4 aromatic rings. The van der Waals surface area contributed by atoms with E-state index >= 15 is 4.39 Å². The van der Waals surface area contributed by atoms with Crippen molar-refractivity contribution in [1.82, 2.24) is 24.0 Å². The maximum atomic E-state index is 15.0. The van der Waals surface area contributed by atoms with Gasteiger partial charge < -0.3 is 14.6 Å². The maximum Gasteiger partial charge on any atom is 0.354 e. The average molecular weight is 549 g/mol. The fourth-order valence-electron chi connectivity index (χ4n) is 5.45. The number of nitrogens with one attached hydrogen (secondary N) is 1. The number of aryl methyl sites for hydroxylation is 2. The summed E-state index contributed by atoms with van der Waals surface area (Å²) in [7, 11) is 4.68. The Morgan fingerprint density at radius 1 is 1.20 bits per heavy atom. The first kappa shape index (κ1) is 27.2. The number of fused-ring (bicyclic) bond motifs is 1. The van der Waals surface area contributed by atoms with Crippen molar-refractivity contribution in [2.24, 2.45) is 7.05 Å². The van der Waals surface area contributed by atoms with Gasteiger partial charge >= 0.3 is 11.7 Å². The molecule has 0 fully saturated rings. The van der Waals surface area contributed by atoms with Crippen LogP contribution >= 0.6 is 0 Å². The van der Waals surface area contributed by atoms with Crippen LogP contribution in [0.1, 0.15) is 46.6 Å². The van der Waals surface area contributed by atoms with E-state index in [-0.39, 0.29) is 17.4 Å². The lowest BCUT2D eigenvalue weighted by atomic mass is 9.93. The molecule has 0 saturated heterocycles. The van der Waals surface area contributed by atoms with Crippen molar-refractivity contribution >= 4 is 28.4 Å². The predicted octanol–water partition coefficient (Wildman–Crippen LogP) is 4.38. The number of hydrogen-bond donors (Lipinski definition) is 1. The van der Waals surface area contributed by atoms with Gasteiger partial charge in [-0.15, -0.1) is 0 Å². The first-order chi connectivity index (χ1) is 19.1. The Hall–Kier alpha value is -4.38. The Morgan fingerprint density at radius 2 is 1.98 bits per heavy atom. The Balaban J connectivity index is 1.45. The van der Waals surface area contributed by atoms with E-state index in [1.54, 1.807) is 25.3 Å². The third-order valence-electron chi connectivity index (χ3n) is 7.57. The van der Waals surface area contributed by atoms with Gasteiger partial charge in [0.15, 0.2) is 11.6 Å². The topological polar surface area (TPSA) is 94.3 Å². The van der Waals surface area contributed by atoms with Crippen LogP contribution in [0.15, 0.2) is 47.5 Å². The molecule has 5 rings (SSSR count). The second-order valence-corrected chi connectivity index (χ2v) is 9.83. The van der Waals surface area contributed by atoms with Gasteiger partial charge in [0.05, 0.1) is 24.6 Å². The molecule has 1 aromatic carbocycles. The molecular weight excluding hydrogens is 518 g/mol. The summed E-state index contributed by atoms with van der Waals surface area (Å²) < 4.78 is 37.4. The van der Waals surface area contributed by atoms with E-state index < -0.39 is 23.3 Å². The van der Waals surface area contributed by atoms with Gasteiger partial charge in [0.25, 0.3) is 0 Å². The van der Waals surface area contributed by atoms with Gasteiger partial charge in [0.2, 0.25) is 0 Å². The zero-order valence-corrected chi connectivity index (χ0v) is 23.0. The summed E-state index contributed by atoms with van der Waals surface area (Å²) in [6.45, 7) is 5.15. The molecule has 4 heterocycles. The highest BCUT2D eigenvalue weighted by Gasteiger charge is 2.25. The molecule has 11 heteroatoms. The van der Waals surface area contributed by atoms with Crippen LogP contribution < -0.4 is 11.0 Å². The quantitative estimate of drug-likeness (QED) is 0.357. The molecule has 0 unspecified atom stereocenters. The molecule has 0 radical (unpaired) electrons. The number of hydrogen-bond acceptors (Lipinski definition) is 7. The van der Waals surface area contributed by atoms with E-state index in [1.165, 1.54) is 24.8 Å². The highest BCUT2D eigenvalue weighted by Crippen LogP contribution is 2.34. The van der Waals surface area contributed by atoms with Crippen molar-refractivity contribution in [3.8, 4) is 5.69 Å². The SMILES string of the molecule is CNc1nc(=O)n(-c2ccnc3c2cc([C@H](C)N2CC=C(c4c(C)cc(C(=O)OC)cc4F)CC2)n3C)cc1F. The summed E-state index contributed by atoms with van der Waals surface area (Å²) in [6, 6.07) is 6.47. The molecule has 208 valence electrons. The average Bonchev–Trinajstić information content (AvgIpc) is 3.29. The molecule has 0 spiro atoms. The van der Waals surface area contributed by atoms with Crippen LogP contribution in [0, 0.1) is 18.6 Å². The van der Waals surface area contributed by atoms with Gasteiger partial charge in [0.1, 0.15) is 11.5 Å². The minimum absolute atomic E-state index is 0.0317. The fraction of sp³-hybridized carbons (Fsp3) is 0.310. The number of anilines is 1. The number of nitrogens with zero attached hydrogens (tertiary/aromatic N) is 5. The number of carbonyl (C=O) groups is 1. The lowest BCUT2D eigenvalue weighted by Gasteiger charge is -2.32. The summed E-state index contributed by atoms with van der Waals surface area (Å²) in [5.41, 5.74) is 3.79. The Kier molecular flexibility index (Phi) is 7.24. The number of aromatic nitrogens is 4. The molecule has 0 aliphatic carbocycles. The Bertz CT molecular complexity index is 1700. The second-order valence-electron chi connectivity index (χ2n) is 9.83. The highest BCUT2D eigenvalue weighted by molar-refractivity contribution is 5.90. The van der Waals surface area contributed by atoms with Crippen molar-refractivity contribution in [3.05, 3.63) is 87.2 Å². The number of carbonyl (C=O) groups excluding carboxylic acids is 1. The molecule has 1 aliphatic heterocycles. The van der Waals surface area contributed by atoms with E-state index in [0.717, 1.165) is 17.5 Å². The number of esters is 1. The summed E-state index contributed by atoms with van der Waals surface area (Å²) in [4.78, 5) is 35.1. The molecule has 1 atom stereocenters. The number of methoxy groups -OCH3 is 1. The normalized spacial score (nSPS) is 14.7. The largest absolute Gasteiger partial charge is 0.465 e. The Morgan fingerprint density at radius 3 is 2.62 bits per heavy atom. The van der Waals surface area contributed by atoms with Crippen LogP contribution in [0.25, 0.3) is 22.3 Å². The van der Waals surface area contributed by atoms with Crippen molar-refractivity contribution in [3.63, 3.8) is 0 Å². The van der Waals surface area contributed by atoms with Crippen molar-refractivity contribution in [2.75, 3.05) is 32.6 Å². The first-order valence-corrected chi connectivity index (χ1v) is 12.9. The summed E-state index contributed by atoms with van der Waals surface area (Å²) in [5.74, 6) is -1.76. The highest BCUT2D eigenvalue weighted by atomic mass is 19.1. The third-order valence-corrected chi connectivity index (χ3v) is 7.57. The smallest absolute Gasteiger partial charge is 0.354 e. The molecule has 1 N–H and O–H groups in total. The van der Waals surface area contributed by atoms with Gasteiger partial charge in [-0.05, 0) is 55.7 Å². The van der Waals surface area contributed by atoms with Crippen LogP contribution in [0.3, 0.4) is 0 Å². The van der Waals surface area contributed by atoms with Gasteiger partial charge in [-0.25, -0.2) is 23.4 Å². The summed E-state index contributed by atoms with van der Waals surface area (Å²) in [6.07, 6.45) is 5.36. The molecule has 0 saturated carbocycles. The van der Waals surface area contributed by atoms with E-state index in [4.69, 9.17) is 4.74 Å². The monoisotopic (exact) mass is 548 g/mol. The molecule has 1 aliphatic rings. The molecular formula is C29H30F2N6O3. The molecule has 0 amide bonds. The molecule has 9 nitrogen and oxygen atoms in total. The maximum absolute atomic E-state index is 15.0. The molecule has 0 bridgehead atoms. The van der Waals surface area contributed by atoms with E-state index in [0.29, 0.717) is 47.4 Å². The number of rotatable bonds is 6. The van der Waals surface area contributed by atoms with Crippen molar-refractivity contribution in [2.45, 2.75) is 26.3 Å². The van der Waals surface area contributed by atoms with Crippen LogP contribution in [-0.4, -0.2) is 57.2 Å². The number of pyridine rings is 1. The van der Waals surface area contributed by atoms with Crippen molar-refractivity contribution < 1.29 is 18.3 Å². The van der Waals surface area contributed by atoms with E-state index in [1.807, 2.05) is 23.8 Å². The standard InChI is InChI=1S/C29H30F2N6O3/c1-16-12-19(28(38)40-5)13-21(30)25(16)18-7-10-36(11-8-18)17(2)24-14-20-23(6-9-33-27(20)35(24)4)37-15-22(31)26(32-3)34-29(37)39/h6-7,9,12-15,17H,8,10-11H2,1-5H3,(H,32,34,39)/t17-/m0/s1.